The van der Waals surface area contributed by atoms with E-state index in [0.717, 1.165) is 12.5 Å². The largest absolute Gasteiger partial charge is 0.508 e. The van der Waals surface area contributed by atoms with E-state index in [4.69, 9.17) is 9.84 Å². The molecule has 0 heterocycles. The number of hydrogen-bond donors (Lipinski definition) is 2. The first kappa shape index (κ1) is 15.8. The number of carbonyl (C=O) groups is 1. The van der Waals surface area contributed by atoms with E-state index in [0.29, 0.717) is 19.1 Å². The number of amides is 1. The van der Waals surface area contributed by atoms with Crippen molar-refractivity contribution in [2.75, 3.05) is 13.2 Å². The van der Waals surface area contributed by atoms with Crippen LogP contribution in [0.5, 0.6) is 5.75 Å². The van der Waals surface area contributed by atoms with Gasteiger partial charge in [0.25, 0.3) is 5.91 Å². The number of nitrogens with one attached hydrogen (secondary N) is 1. The van der Waals surface area contributed by atoms with Gasteiger partial charge in [0.05, 0.1) is 18.3 Å². The molecule has 0 aromatic heterocycles. The molecular weight excluding hydrogens is 273 g/mol. The van der Waals surface area contributed by atoms with Gasteiger partial charge in [0, 0.05) is 12.6 Å². The summed E-state index contributed by atoms with van der Waals surface area (Å²) in [5.74, 6) is -0.857. The lowest BCUT2D eigenvalue weighted by Gasteiger charge is -2.28. The Labute approximate surface area is 124 Å². The summed E-state index contributed by atoms with van der Waals surface area (Å²) < 4.78 is 19.3. The van der Waals surface area contributed by atoms with E-state index in [-0.39, 0.29) is 17.4 Å². The zero-order valence-electron chi connectivity index (χ0n) is 12.3. The van der Waals surface area contributed by atoms with Crippen molar-refractivity contribution in [3.8, 4) is 5.75 Å². The molecule has 2 atom stereocenters. The normalized spacial score (nSPS) is 22.0. The van der Waals surface area contributed by atoms with Gasteiger partial charge in [-0.25, -0.2) is 4.39 Å². The lowest BCUT2D eigenvalue weighted by atomic mass is 9.88. The number of hydrogen-bond acceptors (Lipinski definition) is 3. The molecule has 0 bridgehead atoms. The van der Waals surface area contributed by atoms with Crippen LogP contribution in [0.2, 0.25) is 0 Å². The third-order valence-corrected chi connectivity index (χ3v) is 3.95. The van der Waals surface area contributed by atoms with Crippen LogP contribution in [-0.4, -0.2) is 30.3 Å². The molecule has 2 N–H and O–H groups in total. The Morgan fingerprint density at radius 3 is 2.90 bits per heavy atom. The van der Waals surface area contributed by atoms with Gasteiger partial charge in [-0.2, -0.15) is 0 Å². The Morgan fingerprint density at radius 2 is 2.19 bits per heavy atom. The van der Waals surface area contributed by atoms with E-state index in [1.54, 1.807) is 0 Å². The number of benzene rings is 1. The maximum atomic E-state index is 13.5. The van der Waals surface area contributed by atoms with Crippen LogP contribution in [0.3, 0.4) is 0 Å². The minimum atomic E-state index is -0.727. The van der Waals surface area contributed by atoms with E-state index in [1.807, 2.05) is 0 Å². The third-order valence-electron chi connectivity index (χ3n) is 3.95. The zero-order chi connectivity index (χ0) is 15.2. The predicted octanol–water partition coefficient (Wildman–Crippen LogP) is 2.86. The first-order valence-corrected chi connectivity index (χ1v) is 7.46. The van der Waals surface area contributed by atoms with Gasteiger partial charge in [0.1, 0.15) is 11.6 Å². The van der Waals surface area contributed by atoms with E-state index < -0.39 is 11.7 Å². The molecule has 1 aromatic rings. The number of phenols is 1. The SMILES string of the molecule is CC1CCCCC1OCCNC(=O)c1ccc(O)cc1F. The topological polar surface area (TPSA) is 58.6 Å². The Hall–Kier alpha value is -1.62. The van der Waals surface area contributed by atoms with E-state index in [1.165, 1.54) is 31.4 Å². The molecular formula is C16H22FNO3. The summed E-state index contributed by atoms with van der Waals surface area (Å²) in [6, 6.07) is 3.48. The van der Waals surface area contributed by atoms with Crippen LogP contribution in [0.4, 0.5) is 4.39 Å². The van der Waals surface area contributed by atoms with E-state index in [2.05, 4.69) is 12.2 Å². The Bertz CT molecular complexity index is 492. The van der Waals surface area contributed by atoms with Crippen LogP contribution >= 0.6 is 0 Å². The maximum Gasteiger partial charge on any atom is 0.254 e. The van der Waals surface area contributed by atoms with Crippen molar-refractivity contribution in [1.29, 1.82) is 0 Å². The first-order chi connectivity index (χ1) is 10.1. The molecule has 1 saturated carbocycles. The van der Waals surface area contributed by atoms with Crippen molar-refractivity contribution in [2.24, 2.45) is 5.92 Å². The fourth-order valence-electron chi connectivity index (χ4n) is 2.69. The molecule has 5 heteroatoms. The van der Waals surface area contributed by atoms with Crippen molar-refractivity contribution in [1.82, 2.24) is 5.32 Å². The van der Waals surface area contributed by atoms with Crippen molar-refractivity contribution in [3.63, 3.8) is 0 Å². The standard InChI is InChI=1S/C16H22FNO3/c1-11-4-2-3-5-15(11)21-9-8-18-16(20)13-7-6-12(19)10-14(13)17/h6-7,10-11,15,19H,2-5,8-9H2,1H3,(H,18,20). The monoisotopic (exact) mass is 295 g/mol. The Balaban J connectivity index is 1.74. The fourth-order valence-corrected chi connectivity index (χ4v) is 2.69. The molecule has 1 aliphatic carbocycles. The summed E-state index contributed by atoms with van der Waals surface area (Å²) in [5.41, 5.74) is -0.0705. The molecule has 116 valence electrons. The average molecular weight is 295 g/mol. The van der Waals surface area contributed by atoms with Gasteiger partial charge in [0.2, 0.25) is 0 Å². The second kappa shape index (κ2) is 7.41. The van der Waals surface area contributed by atoms with E-state index >= 15 is 0 Å². The van der Waals surface area contributed by atoms with Crippen LogP contribution in [0, 0.1) is 11.7 Å². The fraction of sp³-hybridized carbons (Fsp3) is 0.562. The maximum absolute atomic E-state index is 13.5. The van der Waals surface area contributed by atoms with Crippen molar-refractivity contribution < 1.29 is 19.0 Å². The highest BCUT2D eigenvalue weighted by Crippen LogP contribution is 2.26. The number of ether oxygens (including phenoxy) is 1. The molecule has 0 aliphatic heterocycles. The Morgan fingerprint density at radius 1 is 1.43 bits per heavy atom. The second-order valence-corrected chi connectivity index (χ2v) is 5.59. The number of rotatable bonds is 5. The molecule has 4 nitrogen and oxygen atoms in total. The van der Waals surface area contributed by atoms with Crippen LogP contribution in [-0.2, 0) is 4.74 Å². The van der Waals surface area contributed by atoms with Crippen LogP contribution in [0.1, 0.15) is 43.0 Å². The van der Waals surface area contributed by atoms with Gasteiger partial charge in [-0.3, -0.25) is 4.79 Å². The minimum Gasteiger partial charge on any atom is -0.508 e. The third kappa shape index (κ3) is 4.43. The van der Waals surface area contributed by atoms with Crippen molar-refractivity contribution in [2.45, 2.75) is 38.7 Å². The van der Waals surface area contributed by atoms with Crippen LogP contribution < -0.4 is 5.32 Å². The second-order valence-electron chi connectivity index (χ2n) is 5.59. The zero-order valence-corrected chi connectivity index (χ0v) is 12.3. The van der Waals surface area contributed by atoms with E-state index in [9.17, 15) is 9.18 Å². The van der Waals surface area contributed by atoms with Gasteiger partial charge in [0.15, 0.2) is 0 Å². The summed E-state index contributed by atoms with van der Waals surface area (Å²) in [7, 11) is 0. The van der Waals surface area contributed by atoms with Gasteiger partial charge in [-0.1, -0.05) is 19.8 Å². The summed E-state index contributed by atoms with van der Waals surface area (Å²) in [5, 5.41) is 11.7. The molecule has 2 unspecified atom stereocenters. The Kier molecular flexibility index (Phi) is 5.56. The molecule has 2 rings (SSSR count). The number of carbonyl (C=O) groups excluding carboxylic acids is 1. The predicted molar refractivity (Wildman–Crippen MR) is 77.8 cm³/mol. The summed E-state index contributed by atoms with van der Waals surface area (Å²) in [6.45, 7) is 2.97. The average Bonchev–Trinajstić information content (AvgIpc) is 2.45. The highest BCUT2D eigenvalue weighted by molar-refractivity contribution is 5.94. The molecule has 0 spiro atoms. The molecule has 1 aliphatic rings. The summed E-state index contributed by atoms with van der Waals surface area (Å²) in [6.07, 6.45) is 4.98. The highest BCUT2D eigenvalue weighted by atomic mass is 19.1. The smallest absolute Gasteiger partial charge is 0.254 e. The molecule has 1 amide bonds. The van der Waals surface area contributed by atoms with Gasteiger partial charge >= 0.3 is 0 Å². The van der Waals surface area contributed by atoms with Gasteiger partial charge in [-0.15, -0.1) is 0 Å². The van der Waals surface area contributed by atoms with Crippen molar-refractivity contribution >= 4 is 5.91 Å². The molecule has 1 aromatic carbocycles. The molecule has 0 radical (unpaired) electrons. The van der Waals surface area contributed by atoms with Gasteiger partial charge < -0.3 is 15.2 Å². The summed E-state index contributed by atoms with van der Waals surface area (Å²) >= 11 is 0. The molecule has 0 saturated heterocycles. The molecule has 1 fully saturated rings. The first-order valence-electron chi connectivity index (χ1n) is 7.46. The lowest BCUT2D eigenvalue weighted by molar-refractivity contribution is -0.00295. The van der Waals surface area contributed by atoms with Crippen LogP contribution in [0.15, 0.2) is 18.2 Å². The number of aromatic hydroxyl groups is 1. The van der Waals surface area contributed by atoms with Crippen molar-refractivity contribution in [3.05, 3.63) is 29.6 Å². The quantitative estimate of drug-likeness (QED) is 0.821. The molecule has 21 heavy (non-hydrogen) atoms. The number of phenolic OH excluding ortho intramolecular Hbond substituents is 1. The van der Waals surface area contributed by atoms with Crippen LogP contribution in [0.25, 0.3) is 0 Å². The summed E-state index contributed by atoms with van der Waals surface area (Å²) in [4.78, 5) is 11.8. The minimum absolute atomic E-state index is 0.0705. The lowest BCUT2D eigenvalue weighted by Crippen LogP contribution is -2.32. The van der Waals surface area contributed by atoms with Gasteiger partial charge in [-0.05, 0) is 30.9 Å². The number of halogens is 1. The highest BCUT2D eigenvalue weighted by Gasteiger charge is 2.21.